The molecule has 0 spiro atoms. The average Bonchev–Trinajstić information content (AvgIpc) is 2.83. The molecule has 3 aromatic rings. The van der Waals surface area contributed by atoms with Gasteiger partial charge in [-0.2, -0.15) is 5.10 Å². The summed E-state index contributed by atoms with van der Waals surface area (Å²) in [6.45, 7) is 8.93. The van der Waals surface area contributed by atoms with Crippen LogP contribution in [0.3, 0.4) is 0 Å². The molecule has 0 bridgehead atoms. The van der Waals surface area contributed by atoms with E-state index in [2.05, 4.69) is 24.4 Å². The zero-order valence-electron chi connectivity index (χ0n) is 21.4. The second-order valence-electron chi connectivity index (χ2n) is 9.21. The van der Waals surface area contributed by atoms with Crippen molar-refractivity contribution in [2.75, 3.05) is 17.2 Å². The molecule has 0 saturated heterocycles. The fraction of sp³-hybridized carbons (Fsp3) is 0.286. The van der Waals surface area contributed by atoms with E-state index < -0.39 is 10.0 Å². The first-order chi connectivity index (χ1) is 17.0. The number of aryl methyl sites for hydroxylation is 2. The molecule has 0 saturated carbocycles. The van der Waals surface area contributed by atoms with E-state index in [-0.39, 0.29) is 12.5 Å². The smallest absolute Gasteiger partial charge is 0.271 e. The largest absolute Gasteiger partial charge is 0.493 e. The van der Waals surface area contributed by atoms with E-state index >= 15 is 0 Å². The summed E-state index contributed by atoms with van der Waals surface area (Å²) in [6, 6.07) is 19.8. The van der Waals surface area contributed by atoms with Crippen LogP contribution in [0.15, 0.2) is 71.8 Å². The Hall–Kier alpha value is -3.65. The average molecular weight is 508 g/mol. The molecule has 3 aromatic carbocycles. The predicted octanol–water partition coefficient (Wildman–Crippen LogP) is 5.07. The predicted molar refractivity (Wildman–Crippen MR) is 145 cm³/mol. The van der Waals surface area contributed by atoms with Gasteiger partial charge in [0.2, 0.25) is 10.0 Å². The van der Waals surface area contributed by atoms with E-state index in [4.69, 9.17) is 4.74 Å². The van der Waals surface area contributed by atoms with Crippen LogP contribution in [-0.4, -0.2) is 33.4 Å². The van der Waals surface area contributed by atoms with Gasteiger partial charge in [-0.1, -0.05) is 32.0 Å². The maximum absolute atomic E-state index is 12.5. The van der Waals surface area contributed by atoms with Crippen molar-refractivity contribution >= 4 is 27.8 Å². The molecule has 0 fully saturated rings. The third-order valence-electron chi connectivity index (χ3n) is 5.56. The van der Waals surface area contributed by atoms with Gasteiger partial charge in [-0.05, 0) is 90.6 Å². The summed E-state index contributed by atoms with van der Waals surface area (Å²) in [5, 5.41) is 4.03. The highest BCUT2D eigenvalue weighted by Gasteiger charge is 2.18. The maximum Gasteiger partial charge on any atom is 0.271 e. The van der Waals surface area contributed by atoms with Crippen molar-refractivity contribution in [1.82, 2.24) is 5.43 Å². The number of ether oxygens (including phenoxy) is 1. The van der Waals surface area contributed by atoms with Gasteiger partial charge in [-0.3, -0.25) is 9.10 Å². The molecule has 3 rings (SSSR count). The molecule has 0 radical (unpaired) electrons. The van der Waals surface area contributed by atoms with Crippen LogP contribution in [0.2, 0.25) is 0 Å². The fourth-order valence-corrected chi connectivity index (χ4v) is 4.23. The first kappa shape index (κ1) is 26.9. The van der Waals surface area contributed by atoms with Gasteiger partial charge in [-0.25, -0.2) is 13.8 Å². The number of anilines is 1. The molecule has 0 atom stereocenters. The highest BCUT2D eigenvalue weighted by atomic mass is 32.2. The van der Waals surface area contributed by atoms with Gasteiger partial charge in [0, 0.05) is 5.56 Å². The fourth-order valence-electron chi connectivity index (χ4n) is 3.35. The molecule has 0 aliphatic rings. The number of nitrogens with one attached hydrogen (secondary N) is 1. The van der Waals surface area contributed by atoms with Crippen molar-refractivity contribution in [3.63, 3.8) is 0 Å². The van der Waals surface area contributed by atoms with Crippen LogP contribution >= 0.6 is 0 Å². The number of hydrogen-bond acceptors (Lipinski definition) is 5. The number of nitrogens with zero attached hydrogens (tertiary/aromatic N) is 2. The first-order valence-corrected chi connectivity index (χ1v) is 13.6. The Morgan fingerprint density at radius 3 is 2.25 bits per heavy atom. The third-order valence-corrected chi connectivity index (χ3v) is 6.70. The minimum Gasteiger partial charge on any atom is -0.493 e. The first-order valence-electron chi connectivity index (χ1n) is 11.7. The molecule has 36 heavy (non-hydrogen) atoms. The molecule has 1 amide bonds. The highest BCUT2D eigenvalue weighted by molar-refractivity contribution is 7.92. The van der Waals surface area contributed by atoms with Crippen LogP contribution in [0.4, 0.5) is 5.69 Å². The van der Waals surface area contributed by atoms with Crippen molar-refractivity contribution in [2.24, 2.45) is 11.0 Å². The second kappa shape index (κ2) is 11.9. The summed E-state index contributed by atoms with van der Waals surface area (Å²) in [5.41, 5.74) is 7.25. The van der Waals surface area contributed by atoms with Crippen LogP contribution in [0.25, 0.3) is 0 Å². The minimum atomic E-state index is -3.49. The lowest BCUT2D eigenvalue weighted by Crippen LogP contribution is -2.29. The standard InChI is InChI=1S/C28H33N3O4S/c1-20(2)19-35-27-14-9-23(10-15-27)17-29-30-28(32)25-11-7-24(8-12-25)18-31(36(5,33)34)26-13-6-21(3)22(4)16-26/h6-17,20H,18-19H2,1-5H3,(H,30,32)/b29-17-. The monoisotopic (exact) mass is 507 g/mol. The molecule has 0 aliphatic carbocycles. The summed E-state index contributed by atoms with van der Waals surface area (Å²) in [5.74, 6) is 0.882. The minimum absolute atomic E-state index is 0.165. The lowest BCUT2D eigenvalue weighted by atomic mass is 10.1. The van der Waals surface area contributed by atoms with E-state index in [1.807, 2.05) is 50.2 Å². The van der Waals surface area contributed by atoms with E-state index in [0.29, 0.717) is 23.8 Å². The molecule has 7 nitrogen and oxygen atoms in total. The van der Waals surface area contributed by atoms with Crippen molar-refractivity contribution in [3.05, 3.63) is 94.5 Å². The van der Waals surface area contributed by atoms with Crippen LogP contribution in [0.1, 0.15) is 46.5 Å². The van der Waals surface area contributed by atoms with E-state index in [0.717, 1.165) is 28.0 Å². The van der Waals surface area contributed by atoms with Gasteiger partial charge in [0.1, 0.15) is 5.75 Å². The van der Waals surface area contributed by atoms with Gasteiger partial charge in [0.25, 0.3) is 5.91 Å². The lowest BCUT2D eigenvalue weighted by molar-refractivity contribution is 0.0955. The van der Waals surface area contributed by atoms with Gasteiger partial charge >= 0.3 is 0 Å². The van der Waals surface area contributed by atoms with Crippen molar-refractivity contribution in [2.45, 2.75) is 34.2 Å². The van der Waals surface area contributed by atoms with Crippen LogP contribution in [-0.2, 0) is 16.6 Å². The Morgan fingerprint density at radius 2 is 1.67 bits per heavy atom. The molecular weight excluding hydrogens is 474 g/mol. The maximum atomic E-state index is 12.5. The topological polar surface area (TPSA) is 88.1 Å². The van der Waals surface area contributed by atoms with Gasteiger partial charge in [0.05, 0.1) is 31.3 Å². The number of benzene rings is 3. The number of carbonyl (C=O) groups excluding carboxylic acids is 1. The van der Waals surface area contributed by atoms with Crippen LogP contribution in [0, 0.1) is 19.8 Å². The Morgan fingerprint density at radius 1 is 1.00 bits per heavy atom. The van der Waals surface area contributed by atoms with Crippen LogP contribution < -0.4 is 14.5 Å². The zero-order chi connectivity index (χ0) is 26.3. The summed E-state index contributed by atoms with van der Waals surface area (Å²) in [6.07, 6.45) is 2.75. The molecule has 190 valence electrons. The lowest BCUT2D eigenvalue weighted by Gasteiger charge is -2.23. The third kappa shape index (κ3) is 7.68. The Kier molecular flexibility index (Phi) is 8.88. The second-order valence-corrected chi connectivity index (χ2v) is 11.1. The van der Waals surface area contributed by atoms with E-state index in [9.17, 15) is 13.2 Å². The highest BCUT2D eigenvalue weighted by Crippen LogP contribution is 2.23. The molecule has 1 N–H and O–H groups in total. The van der Waals surface area contributed by atoms with Crippen LogP contribution in [0.5, 0.6) is 5.75 Å². The summed E-state index contributed by atoms with van der Waals surface area (Å²) < 4.78 is 31.9. The number of sulfonamides is 1. The van der Waals surface area contributed by atoms with Crippen molar-refractivity contribution in [3.8, 4) is 5.75 Å². The van der Waals surface area contributed by atoms with Gasteiger partial charge in [0.15, 0.2) is 0 Å². The normalized spacial score (nSPS) is 11.6. The van der Waals surface area contributed by atoms with E-state index in [1.54, 1.807) is 36.5 Å². The van der Waals surface area contributed by atoms with Gasteiger partial charge in [-0.15, -0.1) is 0 Å². The quantitative estimate of drug-likeness (QED) is 0.307. The Balaban J connectivity index is 1.61. The van der Waals surface area contributed by atoms with Crippen molar-refractivity contribution in [1.29, 1.82) is 0 Å². The molecule has 8 heteroatoms. The van der Waals surface area contributed by atoms with E-state index in [1.165, 1.54) is 10.6 Å². The summed E-state index contributed by atoms with van der Waals surface area (Å²) in [4.78, 5) is 12.5. The number of hydrazone groups is 1. The number of amides is 1. The number of hydrogen-bond donors (Lipinski definition) is 1. The number of rotatable bonds is 10. The Labute approximate surface area is 213 Å². The molecule has 0 unspecified atom stereocenters. The van der Waals surface area contributed by atoms with Crippen molar-refractivity contribution < 1.29 is 17.9 Å². The summed E-state index contributed by atoms with van der Waals surface area (Å²) >= 11 is 0. The Bertz CT molecular complexity index is 1320. The van der Waals surface area contributed by atoms with Gasteiger partial charge < -0.3 is 4.74 Å². The SMILES string of the molecule is Cc1ccc(N(Cc2ccc(C(=O)N/N=C\c3ccc(OCC(C)C)cc3)cc2)S(C)(=O)=O)cc1C. The number of carbonyl (C=O) groups is 1. The molecule has 0 heterocycles. The molecular formula is C28H33N3O4S. The zero-order valence-corrected chi connectivity index (χ0v) is 22.2. The molecule has 0 aromatic heterocycles. The summed E-state index contributed by atoms with van der Waals surface area (Å²) in [7, 11) is -3.49. The molecule has 0 aliphatic heterocycles.